The fourth-order valence-electron chi connectivity index (χ4n) is 1.77. The van der Waals surface area contributed by atoms with Crippen molar-refractivity contribution in [3.05, 3.63) is 29.6 Å². The van der Waals surface area contributed by atoms with E-state index in [0.29, 0.717) is 30.3 Å². The van der Waals surface area contributed by atoms with E-state index in [9.17, 15) is 13.4 Å². The van der Waals surface area contributed by atoms with Crippen LogP contribution in [0.3, 0.4) is 0 Å². The first-order valence-electron chi connectivity index (χ1n) is 5.20. The minimum atomic E-state index is -1.27. The Bertz CT molecular complexity index is 468. The molecule has 1 N–H and O–H groups in total. The van der Waals surface area contributed by atoms with E-state index in [4.69, 9.17) is 5.11 Å². The number of carboxylic acids is 1. The average Bonchev–Trinajstić information content (AvgIpc) is 2.29. The highest BCUT2D eigenvalue weighted by atomic mass is 32.2. The minimum absolute atomic E-state index is 0.325. The van der Waals surface area contributed by atoms with Crippen LogP contribution in [0.15, 0.2) is 18.2 Å². The molecule has 4 nitrogen and oxygen atoms in total. The molecule has 0 spiro atoms. The van der Waals surface area contributed by atoms with Crippen LogP contribution in [-0.4, -0.2) is 39.9 Å². The van der Waals surface area contributed by atoms with Crippen molar-refractivity contribution in [2.24, 2.45) is 0 Å². The lowest BCUT2D eigenvalue weighted by atomic mass is 10.2. The van der Waals surface area contributed by atoms with Gasteiger partial charge < -0.3 is 10.0 Å². The summed E-state index contributed by atoms with van der Waals surface area (Å²) in [5, 5.41) is 8.71. The monoisotopic (exact) mass is 257 g/mol. The van der Waals surface area contributed by atoms with Gasteiger partial charge in [-0.25, -0.2) is 9.18 Å². The maximum Gasteiger partial charge on any atom is 0.338 e. The highest BCUT2D eigenvalue weighted by Gasteiger charge is 2.17. The van der Waals surface area contributed by atoms with Gasteiger partial charge in [0.05, 0.1) is 5.56 Å². The third-order valence-electron chi connectivity index (χ3n) is 2.73. The zero-order valence-corrected chi connectivity index (χ0v) is 9.87. The van der Waals surface area contributed by atoms with E-state index in [2.05, 4.69) is 0 Å². The van der Waals surface area contributed by atoms with Gasteiger partial charge >= 0.3 is 5.97 Å². The molecule has 1 fully saturated rings. The van der Waals surface area contributed by atoms with Gasteiger partial charge in [-0.15, -0.1) is 0 Å². The van der Waals surface area contributed by atoms with Gasteiger partial charge in [0.15, 0.2) is 0 Å². The second kappa shape index (κ2) is 4.83. The van der Waals surface area contributed by atoms with Crippen LogP contribution in [0.5, 0.6) is 0 Å². The Morgan fingerprint density at radius 2 is 2.00 bits per heavy atom. The summed E-state index contributed by atoms with van der Waals surface area (Å²) in [6, 6.07) is 4.07. The zero-order chi connectivity index (χ0) is 12.4. The molecular formula is C11H12FNO3S. The number of benzene rings is 1. The SMILES string of the molecule is O=C(O)c1ccc(N2CCS(=O)CC2)cc1F. The van der Waals surface area contributed by atoms with Crippen LogP contribution in [0.25, 0.3) is 0 Å². The summed E-state index contributed by atoms with van der Waals surface area (Å²) >= 11 is 0. The van der Waals surface area contributed by atoms with Gasteiger partial charge in [0, 0.05) is 41.1 Å². The van der Waals surface area contributed by atoms with Crippen molar-refractivity contribution < 1.29 is 18.5 Å². The second-order valence-corrected chi connectivity index (χ2v) is 5.50. The Morgan fingerprint density at radius 3 is 2.53 bits per heavy atom. The van der Waals surface area contributed by atoms with E-state index in [0.717, 1.165) is 0 Å². The molecule has 92 valence electrons. The minimum Gasteiger partial charge on any atom is -0.478 e. The topological polar surface area (TPSA) is 57.6 Å². The first-order chi connectivity index (χ1) is 8.08. The lowest BCUT2D eigenvalue weighted by molar-refractivity contribution is 0.0692. The molecule has 0 amide bonds. The van der Waals surface area contributed by atoms with E-state index >= 15 is 0 Å². The lowest BCUT2D eigenvalue weighted by Crippen LogP contribution is -2.37. The summed E-state index contributed by atoms with van der Waals surface area (Å²) in [6.07, 6.45) is 0. The number of hydrogen-bond donors (Lipinski definition) is 1. The molecule has 0 radical (unpaired) electrons. The zero-order valence-electron chi connectivity index (χ0n) is 9.06. The molecule has 17 heavy (non-hydrogen) atoms. The van der Waals surface area contributed by atoms with Crippen molar-refractivity contribution in [3.63, 3.8) is 0 Å². The molecule has 0 aromatic heterocycles. The normalized spacial score (nSPS) is 17.1. The molecule has 0 atom stereocenters. The summed E-state index contributed by atoms with van der Waals surface area (Å²) < 4.78 is 24.6. The van der Waals surface area contributed by atoms with Gasteiger partial charge in [0.2, 0.25) is 0 Å². The number of carbonyl (C=O) groups is 1. The van der Waals surface area contributed by atoms with Crippen LogP contribution in [0.2, 0.25) is 0 Å². The van der Waals surface area contributed by atoms with Crippen LogP contribution in [-0.2, 0) is 10.8 Å². The molecule has 1 aromatic carbocycles. The average molecular weight is 257 g/mol. The third-order valence-corrected chi connectivity index (χ3v) is 4.00. The van der Waals surface area contributed by atoms with E-state index in [1.165, 1.54) is 12.1 Å². The highest BCUT2D eigenvalue weighted by molar-refractivity contribution is 7.85. The molecule has 1 aromatic rings. The molecule has 1 saturated heterocycles. The van der Waals surface area contributed by atoms with Crippen molar-refractivity contribution in [3.8, 4) is 0 Å². The highest BCUT2D eigenvalue weighted by Crippen LogP contribution is 2.20. The summed E-state index contributed by atoms with van der Waals surface area (Å²) in [6.45, 7) is 1.22. The smallest absolute Gasteiger partial charge is 0.338 e. The molecular weight excluding hydrogens is 245 g/mol. The Hall–Kier alpha value is -1.43. The first kappa shape index (κ1) is 12.0. The van der Waals surface area contributed by atoms with E-state index < -0.39 is 22.6 Å². The maximum atomic E-state index is 13.5. The summed E-state index contributed by atoms with van der Waals surface area (Å²) in [5.41, 5.74) is 0.318. The quantitative estimate of drug-likeness (QED) is 0.861. The molecule has 1 aliphatic heterocycles. The largest absolute Gasteiger partial charge is 0.478 e. The number of aromatic carboxylic acids is 1. The van der Waals surface area contributed by atoms with E-state index in [1.807, 2.05) is 4.90 Å². The predicted molar refractivity (Wildman–Crippen MR) is 63.4 cm³/mol. The van der Waals surface area contributed by atoms with Gasteiger partial charge in [-0.2, -0.15) is 0 Å². The van der Waals surface area contributed by atoms with Crippen molar-refractivity contribution in [2.75, 3.05) is 29.5 Å². The standard InChI is InChI=1S/C11H12FNO3S/c12-10-7-8(1-2-9(10)11(14)15)13-3-5-17(16)6-4-13/h1-2,7H,3-6H2,(H,14,15). The fourth-order valence-corrected chi connectivity index (χ4v) is 2.82. The molecule has 0 aliphatic carbocycles. The Kier molecular flexibility index (Phi) is 3.42. The van der Waals surface area contributed by atoms with Crippen LogP contribution in [0.4, 0.5) is 10.1 Å². The molecule has 0 saturated carbocycles. The molecule has 6 heteroatoms. The summed E-state index contributed by atoms with van der Waals surface area (Å²) in [7, 11) is -0.781. The van der Waals surface area contributed by atoms with Crippen molar-refractivity contribution in [1.82, 2.24) is 0 Å². The molecule has 1 heterocycles. The third kappa shape index (κ3) is 2.63. The fraction of sp³-hybridized carbons (Fsp3) is 0.364. The van der Waals surface area contributed by atoms with Crippen molar-refractivity contribution >= 4 is 22.5 Å². The number of rotatable bonds is 2. The number of anilines is 1. The summed E-state index contributed by atoms with van der Waals surface area (Å²) in [5.74, 6) is -0.861. The first-order valence-corrected chi connectivity index (χ1v) is 6.69. The van der Waals surface area contributed by atoms with Crippen molar-refractivity contribution in [2.45, 2.75) is 0 Å². The molecule has 2 rings (SSSR count). The Morgan fingerprint density at radius 1 is 1.35 bits per heavy atom. The number of carboxylic acid groups (broad SMARTS) is 1. The second-order valence-electron chi connectivity index (χ2n) is 3.80. The van der Waals surface area contributed by atoms with Crippen LogP contribution in [0, 0.1) is 5.82 Å². The maximum absolute atomic E-state index is 13.5. The van der Waals surface area contributed by atoms with Crippen LogP contribution in [0.1, 0.15) is 10.4 Å². The molecule has 0 unspecified atom stereocenters. The number of halogens is 1. The van der Waals surface area contributed by atoms with E-state index in [1.54, 1.807) is 6.07 Å². The van der Waals surface area contributed by atoms with Gasteiger partial charge in [-0.3, -0.25) is 4.21 Å². The number of hydrogen-bond acceptors (Lipinski definition) is 3. The lowest BCUT2D eigenvalue weighted by Gasteiger charge is -2.28. The van der Waals surface area contributed by atoms with Gasteiger partial charge in [-0.1, -0.05) is 0 Å². The molecule has 0 bridgehead atoms. The van der Waals surface area contributed by atoms with Gasteiger partial charge in [0.1, 0.15) is 5.82 Å². The van der Waals surface area contributed by atoms with Crippen molar-refractivity contribution in [1.29, 1.82) is 0 Å². The van der Waals surface area contributed by atoms with Gasteiger partial charge in [-0.05, 0) is 18.2 Å². The number of nitrogens with zero attached hydrogens (tertiary/aromatic N) is 1. The predicted octanol–water partition coefficient (Wildman–Crippen LogP) is 1.09. The Balaban J connectivity index is 2.20. The Labute approximate surface area is 101 Å². The van der Waals surface area contributed by atoms with E-state index in [-0.39, 0.29) is 5.56 Å². The van der Waals surface area contributed by atoms with Gasteiger partial charge in [0.25, 0.3) is 0 Å². The molecule has 1 aliphatic rings. The van der Waals surface area contributed by atoms with Crippen LogP contribution >= 0.6 is 0 Å². The summed E-state index contributed by atoms with van der Waals surface area (Å²) in [4.78, 5) is 12.6. The van der Waals surface area contributed by atoms with Crippen LogP contribution < -0.4 is 4.90 Å².